The van der Waals surface area contributed by atoms with Crippen molar-refractivity contribution in [2.24, 2.45) is 0 Å². The SMILES string of the molecule is CCN(C(C)=O)C(C)C(C)N(CC)C(C)=O. The van der Waals surface area contributed by atoms with Crippen LogP contribution in [0.15, 0.2) is 0 Å². The zero-order valence-corrected chi connectivity index (χ0v) is 11.3. The van der Waals surface area contributed by atoms with Crippen molar-refractivity contribution < 1.29 is 9.59 Å². The zero-order valence-electron chi connectivity index (χ0n) is 11.3. The minimum atomic E-state index is 0.0475. The van der Waals surface area contributed by atoms with Crippen molar-refractivity contribution in [2.75, 3.05) is 13.1 Å². The van der Waals surface area contributed by atoms with E-state index >= 15 is 0 Å². The molecular formula is C12H24N2O2. The summed E-state index contributed by atoms with van der Waals surface area (Å²) in [6, 6.07) is 0.0951. The van der Waals surface area contributed by atoms with E-state index in [1.54, 1.807) is 23.6 Å². The summed E-state index contributed by atoms with van der Waals surface area (Å²) in [4.78, 5) is 26.4. The molecule has 0 saturated heterocycles. The standard InChI is InChI=1S/C12H24N2O2/c1-7-13(11(5)15)9(3)10(4)14(8-2)12(6)16/h9-10H,7-8H2,1-6H3. The van der Waals surface area contributed by atoms with Crippen LogP contribution in [-0.4, -0.2) is 46.8 Å². The molecule has 0 heterocycles. The van der Waals surface area contributed by atoms with Gasteiger partial charge in [-0.2, -0.15) is 0 Å². The normalized spacial score (nSPS) is 14.1. The van der Waals surface area contributed by atoms with Gasteiger partial charge < -0.3 is 9.80 Å². The largest absolute Gasteiger partial charge is 0.338 e. The summed E-state index contributed by atoms with van der Waals surface area (Å²) in [7, 11) is 0. The van der Waals surface area contributed by atoms with Crippen LogP contribution in [0, 0.1) is 0 Å². The lowest BCUT2D eigenvalue weighted by molar-refractivity contribution is -0.137. The molecule has 2 unspecified atom stereocenters. The van der Waals surface area contributed by atoms with Crippen molar-refractivity contribution in [1.29, 1.82) is 0 Å². The summed E-state index contributed by atoms with van der Waals surface area (Å²) < 4.78 is 0. The average molecular weight is 228 g/mol. The fourth-order valence-corrected chi connectivity index (χ4v) is 2.12. The van der Waals surface area contributed by atoms with Crippen LogP contribution in [-0.2, 0) is 9.59 Å². The highest BCUT2D eigenvalue weighted by Gasteiger charge is 2.26. The molecule has 4 heteroatoms. The number of hydrogen-bond donors (Lipinski definition) is 0. The average Bonchev–Trinajstić information content (AvgIpc) is 2.18. The molecular weight excluding hydrogens is 204 g/mol. The van der Waals surface area contributed by atoms with Crippen LogP contribution in [0.5, 0.6) is 0 Å². The molecule has 16 heavy (non-hydrogen) atoms. The van der Waals surface area contributed by atoms with Gasteiger partial charge in [0, 0.05) is 39.0 Å². The zero-order chi connectivity index (χ0) is 12.9. The third-order valence-corrected chi connectivity index (χ3v) is 3.17. The number of carbonyl (C=O) groups excluding carboxylic acids is 2. The first kappa shape index (κ1) is 14.9. The van der Waals surface area contributed by atoms with Gasteiger partial charge in [0.05, 0.1) is 0 Å². The molecule has 2 amide bonds. The predicted octanol–water partition coefficient (Wildman–Crippen LogP) is 1.50. The Balaban J connectivity index is 4.74. The maximum atomic E-state index is 11.4. The van der Waals surface area contributed by atoms with E-state index in [1.807, 2.05) is 27.7 Å². The number of hydrogen-bond acceptors (Lipinski definition) is 2. The van der Waals surface area contributed by atoms with E-state index in [-0.39, 0.29) is 23.9 Å². The van der Waals surface area contributed by atoms with Crippen LogP contribution in [0.4, 0.5) is 0 Å². The van der Waals surface area contributed by atoms with Gasteiger partial charge in [-0.3, -0.25) is 9.59 Å². The Morgan fingerprint density at radius 1 is 0.875 bits per heavy atom. The van der Waals surface area contributed by atoms with E-state index in [1.165, 1.54) is 0 Å². The summed E-state index contributed by atoms with van der Waals surface area (Å²) >= 11 is 0. The summed E-state index contributed by atoms with van der Waals surface area (Å²) in [6.45, 7) is 12.4. The molecule has 0 aliphatic heterocycles. The van der Waals surface area contributed by atoms with Crippen molar-refractivity contribution in [1.82, 2.24) is 9.80 Å². The summed E-state index contributed by atoms with van der Waals surface area (Å²) in [5.41, 5.74) is 0. The first-order chi connectivity index (χ1) is 7.36. The maximum Gasteiger partial charge on any atom is 0.219 e. The molecule has 0 bridgehead atoms. The van der Waals surface area contributed by atoms with Gasteiger partial charge in [0.1, 0.15) is 0 Å². The fourth-order valence-electron chi connectivity index (χ4n) is 2.12. The van der Waals surface area contributed by atoms with Gasteiger partial charge in [-0.1, -0.05) is 0 Å². The van der Waals surface area contributed by atoms with E-state index < -0.39 is 0 Å². The van der Waals surface area contributed by atoms with Gasteiger partial charge in [-0.25, -0.2) is 0 Å². The van der Waals surface area contributed by atoms with Crippen LogP contribution in [0.3, 0.4) is 0 Å². The lowest BCUT2D eigenvalue weighted by atomic mass is 10.1. The van der Waals surface area contributed by atoms with Crippen molar-refractivity contribution in [3.63, 3.8) is 0 Å². The molecule has 0 N–H and O–H groups in total. The molecule has 4 nitrogen and oxygen atoms in total. The molecule has 0 radical (unpaired) electrons. The minimum Gasteiger partial charge on any atom is -0.338 e. The fraction of sp³-hybridized carbons (Fsp3) is 0.833. The van der Waals surface area contributed by atoms with Crippen LogP contribution in [0.25, 0.3) is 0 Å². The van der Waals surface area contributed by atoms with Gasteiger partial charge in [-0.15, -0.1) is 0 Å². The molecule has 0 aliphatic rings. The predicted molar refractivity (Wildman–Crippen MR) is 65.0 cm³/mol. The van der Waals surface area contributed by atoms with Gasteiger partial charge in [-0.05, 0) is 27.7 Å². The van der Waals surface area contributed by atoms with Gasteiger partial charge in [0.25, 0.3) is 0 Å². The second-order valence-corrected chi connectivity index (χ2v) is 4.09. The van der Waals surface area contributed by atoms with E-state index in [2.05, 4.69) is 0 Å². The highest BCUT2D eigenvalue weighted by molar-refractivity contribution is 5.75. The Hall–Kier alpha value is -1.06. The van der Waals surface area contributed by atoms with E-state index in [0.29, 0.717) is 13.1 Å². The summed E-state index contributed by atoms with van der Waals surface area (Å²) in [5.74, 6) is 0.114. The van der Waals surface area contributed by atoms with Crippen molar-refractivity contribution >= 4 is 11.8 Å². The number of nitrogens with zero attached hydrogens (tertiary/aromatic N) is 2. The molecule has 0 aliphatic carbocycles. The third kappa shape index (κ3) is 3.51. The van der Waals surface area contributed by atoms with Crippen LogP contribution in [0.1, 0.15) is 41.5 Å². The Morgan fingerprint density at radius 3 is 1.25 bits per heavy atom. The molecule has 0 aromatic heterocycles. The Kier molecular flexibility index (Phi) is 6.08. The van der Waals surface area contributed by atoms with Gasteiger partial charge in [0.2, 0.25) is 11.8 Å². The Bertz CT molecular complexity index is 227. The van der Waals surface area contributed by atoms with Crippen molar-refractivity contribution in [3.05, 3.63) is 0 Å². The van der Waals surface area contributed by atoms with E-state index in [4.69, 9.17) is 0 Å². The molecule has 0 rings (SSSR count). The van der Waals surface area contributed by atoms with Gasteiger partial charge >= 0.3 is 0 Å². The van der Waals surface area contributed by atoms with Gasteiger partial charge in [0.15, 0.2) is 0 Å². The lowest BCUT2D eigenvalue weighted by Crippen LogP contribution is -2.51. The lowest BCUT2D eigenvalue weighted by Gasteiger charge is -2.37. The Morgan fingerprint density at radius 2 is 1.12 bits per heavy atom. The summed E-state index contributed by atoms with van der Waals surface area (Å²) in [6.07, 6.45) is 0. The minimum absolute atomic E-state index is 0.0475. The van der Waals surface area contributed by atoms with Crippen molar-refractivity contribution in [2.45, 2.75) is 53.6 Å². The quantitative estimate of drug-likeness (QED) is 0.715. The topological polar surface area (TPSA) is 40.6 Å². The van der Waals surface area contributed by atoms with Crippen LogP contribution < -0.4 is 0 Å². The second kappa shape index (κ2) is 6.51. The number of rotatable bonds is 5. The number of likely N-dealkylation sites (N-methyl/N-ethyl adjacent to an activating group) is 2. The first-order valence-electron chi connectivity index (χ1n) is 5.91. The molecule has 0 fully saturated rings. The highest BCUT2D eigenvalue weighted by Crippen LogP contribution is 2.11. The van der Waals surface area contributed by atoms with E-state index in [9.17, 15) is 9.59 Å². The first-order valence-corrected chi connectivity index (χ1v) is 5.91. The molecule has 0 aromatic rings. The summed E-state index contributed by atoms with van der Waals surface area (Å²) in [5, 5.41) is 0. The van der Waals surface area contributed by atoms with Crippen LogP contribution >= 0.6 is 0 Å². The molecule has 0 spiro atoms. The number of amides is 2. The van der Waals surface area contributed by atoms with E-state index in [0.717, 1.165) is 0 Å². The number of carbonyl (C=O) groups is 2. The highest BCUT2D eigenvalue weighted by atomic mass is 16.2. The van der Waals surface area contributed by atoms with Crippen molar-refractivity contribution in [3.8, 4) is 0 Å². The molecule has 2 atom stereocenters. The molecule has 94 valence electrons. The monoisotopic (exact) mass is 228 g/mol. The smallest absolute Gasteiger partial charge is 0.219 e. The van der Waals surface area contributed by atoms with Crippen LogP contribution in [0.2, 0.25) is 0 Å². The second-order valence-electron chi connectivity index (χ2n) is 4.09. The molecule has 0 saturated carbocycles. The Labute approximate surface area is 98.6 Å². The third-order valence-electron chi connectivity index (χ3n) is 3.17. The maximum absolute atomic E-state index is 11.4. The molecule has 0 aromatic carbocycles.